The van der Waals surface area contributed by atoms with Crippen molar-refractivity contribution in [3.05, 3.63) is 77.2 Å². The van der Waals surface area contributed by atoms with E-state index < -0.39 is 0 Å². The lowest BCUT2D eigenvalue weighted by Crippen LogP contribution is -2.25. The number of ether oxygens (including phenoxy) is 2. The van der Waals surface area contributed by atoms with E-state index in [4.69, 9.17) is 21.1 Å². The Kier molecular flexibility index (Phi) is 14.8. The molecule has 2 aromatic carbocycles. The number of allylic oxidation sites excluding steroid dienone is 1. The molecule has 9 nitrogen and oxygen atoms in total. The van der Waals surface area contributed by atoms with Crippen molar-refractivity contribution in [3.63, 3.8) is 0 Å². The van der Waals surface area contributed by atoms with Crippen LogP contribution in [0.1, 0.15) is 66.7 Å². The number of nitrogens with zero attached hydrogens (tertiary/aromatic N) is 3. The highest BCUT2D eigenvalue weighted by molar-refractivity contribution is 6.31. The lowest BCUT2D eigenvalue weighted by atomic mass is 10.1. The highest BCUT2D eigenvalue weighted by atomic mass is 35.5. The summed E-state index contributed by atoms with van der Waals surface area (Å²) in [6.45, 7) is 15.5. The molecule has 0 spiro atoms. The van der Waals surface area contributed by atoms with Gasteiger partial charge in [-0.2, -0.15) is 0 Å². The Hall–Kier alpha value is -4.08. The molecule has 10 heteroatoms. The number of methoxy groups -OCH3 is 1. The molecule has 1 saturated heterocycles. The van der Waals surface area contributed by atoms with Gasteiger partial charge in [-0.25, -0.2) is 4.79 Å². The van der Waals surface area contributed by atoms with Gasteiger partial charge < -0.3 is 30.3 Å². The van der Waals surface area contributed by atoms with Gasteiger partial charge in [0.15, 0.2) is 0 Å². The highest BCUT2D eigenvalue weighted by Gasteiger charge is 2.21. The minimum Gasteiger partial charge on any atom is -0.497 e. The van der Waals surface area contributed by atoms with E-state index in [1.807, 2.05) is 61.7 Å². The van der Waals surface area contributed by atoms with Crippen LogP contribution < -0.4 is 20.7 Å². The predicted octanol–water partition coefficient (Wildman–Crippen LogP) is 8.45. The van der Waals surface area contributed by atoms with Gasteiger partial charge in [-0.05, 0) is 102 Å². The molecule has 2 aromatic heterocycles. The lowest BCUT2D eigenvalue weighted by molar-refractivity contribution is -0.135. The van der Waals surface area contributed by atoms with Crippen molar-refractivity contribution in [2.24, 2.45) is 0 Å². The average molecular weight is 689 g/mol. The van der Waals surface area contributed by atoms with Crippen molar-refractivity contribution >= 4 is 50.8 Å². The first-order chi connectivity index (χ1) is 23.7. The topological polar surface area (TPSA) is 101 Å². The third-order valence-electron chi connectivity index (χ3n) is 8.92. The van der Waals surface area contributed by atoms with Gasteiger partial charge in [0.05, 0.1) is 36.0 Å². The van der Waals surface area contributed by atoms with Crippen LogP contribution in [0.4, 0.5) is 11.4 Å². The maximum absolute atomic E-state index is 11.6. The van der Waals surface area contributed by atoms with E-state index in [-0.39, 0.29) is 12.0 Å². The first-order valence-electron chi connectivity index (χ1n) is 17.6. The molecule has 3 heterocycles. The largest absolute Gasteiger partial charge is 0.497 e. The number of carbonyl (C=O) groups excluding carboxylic acids is 1. The minimum atomic E-state index is -0.188. The molecule has 2 atom stereocenters. The number of cyclic esters (lactones) is 1. The SMILES string of the molecule is CCN(CC)CCCC(C)Nc1ccnc2cc(Cl)ccc12.COc1cc(NC(C)CCCN/C(C)=C2/CCOC2=O)c2ncccc2c1. The Morgan fingerprint density at radius 2 is 1.73 bits per heavy atom. The fourth-order valence-corrected chi connectivity index (χ4v) is 6.21. The molecule has 2 unspecified atom stereocenters. The second-order valence-electron chi connectivity index (χ2n) is 12.6. The van der Waals surface area contributed by atoms with Crippen LogP contribution >= 0.6 is 11.6 Å². The van der Waals surface area contributed by atoms with Crippen LogP contribution in [0.2, 0.25) is 5.02 Å². The van der Waals surface area contributed by atoms with Crippen molar-refractivity contribution in [2.75, 3.05) is 50.5 Å². The van der Waals surface area contributed by atoms with Crippen LogP contribution in [-0.4, -0.2) is 72.8 Å². The molecule has 5 rings (SSSR count). The van der Waals surface area contributed by atoms with E-state index in [2.05, 4.69) is 58.5 Å². The quantitative estimate of drug-likeness (QED) is 0.0608. The fraction of sp³-hybridized carbons (Fsp3) is 0.462. The van der Waals surface area contributed by atoms with Crippen LogP contribution in [-0.2, 0) is 9.53 Å². The molecule has 1 aliphatic rings. The number of halogens is 1. The van der Waals surface area contributed by atoms with Gasteiger partial charge in [0.1, 0.15) is 5.75 Å². The maximum Gasteiger partial charge on any atom is 0.335 e. The van der Waals surface area contributed by atoms with Crippen LogP contribution in [0.3, 0.4) is 0 Å². The van der Waals surface area contributed by atoms with E-state index in [1.54, 1.807) is 13.3 Å². The number of pyridine rings is 2. The number of benzene rings is 2. The normalized spacial score (nSPS) is 15.0. The van der Waals surface area contributed by atoms with E-state index in [9.17, 15) is 4.79 Å². The molecular formula is C39H53ClN6O3. The number of aromatic nitrogens is 2. The Morgan fingerprint density at radius 1 is 0.980 bits per heavy atom. The first-order valence-corrected chi connectivity index (χ1v) is 17.9. The van der Waals surface area contributed by atoms with E-state index >= 15 is 0 Å². The molecule has 49 heavy (non-hydrogen) atoms. The van der Waals surface area contributed by atoms with Crippen LogP contribution in [0.5, 0.6) is 5.75 Å². The molecule has 0 amide bonds. The molecule has 0 aliphatic carbocycles. The van der Waals surface area contributed by atoms with Crippen molar-refractivity contribution in [1.29, 1.82) is 0 Å². The summed E-state index contributed by atoms with van der Waals surface area (Å²) in [7, 11) is 1.67. The van der Waals surface area contributed by atoms with E-state index in [0.717, 1.165) is 94.1 Å². The zero-order valence-corrected chi connectivity index (χ0v) is 30.7. The van der Waals surface area contributed by atoms with Gasteiger partial charge in [-0.3, -0.25) is 9.97 Å². The summed E-state index contributed by atoms with van der Waals surface area (Å²) in [6, 6.07) is 16.6. The van der Waals surface area contributed by atoms with Gasteiger partial charge in [0, 0.05) is 70.7 Å². The molecular weight excluding hydrogens is 636 g/mol. The van der Waals surface area contributed by atoms with Crippen molar-refractivity contribution in [3.8, 4) is 5.75 Å². The van der Waals surface area contributed by atoms with Gasteiger partial charge in [-0.15, -0.1) is 0 Å². The number of nitrogens with one attached hydrogen (secondary N) is 3. The molecule has 0 radical (unpaired) electrons. The van der Waals surface area contributed by atoms with Gasteiger partial charge >= 0.3 is 5.97 Å². The zero-order valence-electron chi connectivity index (χ0n) is 29.9. The average Bonchev–Trinajstić information content (AvgIpc) is 3.54. The maximum atomic E-state index is 11.6. The van der Waals surface area contributed by atoms with E-state index in [0.29, 0.717) is 19.1 Å². The summed E-state index contributed by atoms with van der Waals surface area (Å²) >= 11 is 6.04. The van der Waals surface area contributed by atoms with Crippen LogP contribution in [0, 0.1) is 0 Å². The predicted molar refractivity (Wildman–Crippen MR) is 204 cm³/mol. The Labute approximate surface area is 296 Å². The smallest absolute Gasteiger partial charge is 0.335 e. The summed E-state index contributed by atoms with van der Waals surface area (Å²) in [5, 5.41) is 13.4. The zero-order chi connectivity index (χ0) is 35.2. The van der Waals surface area contributed by atoms with Gasteiger partial charge in [0.25, 0.3) is 0 Å². The summed E-state index contributed by atoms with van der Waals surface area (Å²) in [5.41, 5.74) is 5.71. The second-order valence-corrected chi connectivity index (χ2v) is 13.0. The molecule has 1 fully saturated rings. The summed E-state index contributed by atoms with van der Waals surface area (Å²) in [6.07, 6.45) is 8.70. The number of fused-ring (bicyclic) bond motifs is 2. The minimum absolute atomic E-state index is 0.188. The number of anilines is 2. The standard InChI is InChI=1S/C21H27N3O3.C18H26ClN3/c1-14(6-4-9-22-15(2)18-8-11-27-21(18)25)24-19-13-17(26-3)12-16-7-5-10-23-20(16)19;1-4-22(5-2)12-6-7-14(3)21-17-10-11-20-18-13-15(19)8-9-16(17)18/h5,7,10,12-14,22,24H,4,6,8-9,11H2,1-3H3;8-11,13-14H,4-7,12H2,1-3H3,(H,20,21)/b18-15-;. The van der Waals surface area contributed by atoms with Crippen LogP contribution in [0.25, 0.3) is 21.8 Å². The summed E-state index contributed by atoms with van der Waals surface area (Å²) in [5.74, 6) is 0.630. The Morgan fingerprint density at radius 3 is 2.45 bits per heavy atom. The monoisotopic (exact) mass is 688 g/mol. The Bertz CT molecular complexity index is 1690. The number of rotatable bonds is 16. The van der Waals surface area contributed by atoms with Crippen molar-refractivity contribution < 1.29 is 14.3 Å². The number of esters is 1. The summed E-state index contributed by atoms with van der Waals surface area (Å²) < 4.78 is 10.4. The second kappa shape index (κ2) is 19.2. The third kappa shape index (κ3) is 11.2. The third-order valence-corrected chi connectivity index (χ3v) is 9.15. The molecule has 1 aliphatic heterocycles. The molecule has 3 N–H and O–H groups in total. The number of hydrogen-bond donors (Lipinski definition) is 3. The van der Waals surface area contributed by atoms with Gasteiger partial charge in [-0.1, -0.05) is 31.5 Å². The Balaban J connectivity index is 0.000000226. The molecule has 0 bridgehead atoms. The van der Waals surface area contributed by atoms with Crippen molar-refractivity contribution in [2.45, 2.75) is 78.8 Å². The van der Waals surface area contributed by atoms with Crippen molar-refractivity contribution in [1.82, 2.24) is 20.2 Å². The summed E-state index contributed by atoms with van der Waals surface area (Å²) in [4.78, 5) is 22.9. The first kappa shape index (κ1) is 37.7. The number of carbonyl (C=O) groups is 1. The highest BCUT2D eigenvalue weighted by Crippen LogP contribution is 2.29. The molecule has 4 aromatic rings. The van der Waals surface area contributed by atoms with E-state index in [1.165, 1.54) is 13.0 Å². The van der Waals surface area contributed by atoms with Gasteiger partial charge in [0.2, 0.25) is 0 Å². The lowest BCUT2D eigenvalue weighted by Gasteiger charge is -2.20. The fourth-order valence-electron chi connectivity index (χ4n) is 6.04. The number of hydrogen-bond acceptors (Lipinski definition) is 9. The molecule has 0 saturated carbocycles. The molecule has 264 valence electrons. The van der Waals surface area contributed by atoms with Crippen LogP contribution in [0.15, 0.2) is 72.2 Å².